The Balaban J connectivity index is 1.62. The number of hydrogen-bond acceptors (Lipinski definition) is 13. The Labute approximate surface area is 503 Å². The zero-order chi connectivity index (χ0) is 60.2. The van der Waals surface area contributed by atoms with Gasteiger partial charge >= 0.3 is 0 Å². The van der Waals surface area contributed by atoms with E-state index in [0.717, 1.165) is 70.6 Å². The van der Waals surface area contributed by atoms with Gasteiger partial charge in [-0.2, -0.15) is 0 Å². The molecule has 2 rings (SSSR count). The third-order valence-corrected chi connectivity index (χ3v) is 15.8. The van der Waals surface area contributed by atoms with Gasteiger partial charge in [-0.1, -0.05) is 247 Å². The number of carbonyl (C=O) groups excluding carboxylic acids is 1. The van der Waals surface area contributed by atoms with Crippen LogP contribution in [0.1, 0.15) is 251 Å². The highest BCUT2D eigenvalue weighted by molar-refractivity contribution is 5.76. The average Bonchev–Trinajstić information content (AvgIpc) is 3.64. The maximum atomic E-state index is 13.3. The lowest BCUT2D eigenvalue weighted by Gasteiger charge is -2.46. The Morgan fingerprint density at radius 3 is 1.33 bits per heavy atom. The largest absolute Gasteiger partial charge is 0.394 e. The van der Waals surface area contributed by atoms with Crippen molar-refractivity contribution in [2.75, 3.05) is 19.8 Å². The lowest BCUT2D eigenvalue weighted by molar-refractivity contribution is -0.359. The molecular weight excluding hydrogens is 1050 g/mol. The van der Waals surface area contributed by atoms with Crippen molar-refractivity contribution >= 4 is 5.91 Å². The summed E-state index contributed by atoms with van der Waals surface area (Å²) in [5.74, 6) is -0.253. The molecule has 0 radical (unpaired) electrons. The lowest BCUT2D eigenvalue weighted by atomic mass is 9.97. The van der Waals surface area contributed by atoms with Gasteiger partial charge < -0.3 is 65.1 Å². The third kappa shape index (κ3) is 38.1. The topological polar surface area (TPSA) is 228 Å². The summed E-state index contributed by atoms with van der Waals surface area (Å²) in [4.78, 5) is 13.3. The van der Waals surface area contributed by atoms with Crippen LogP contribution in [0, 0.1) is 0 Å². The highest BCUT2D eigenvalue weighted by Gasteiger charge is 2.51. The van der Waals surface area contributed by atoms with Crippen molar-refractivity contribution in [3.05, 3.63) is 85.1 Å². The van der Waals surface area contributed by atoms with E-state index >= 15 is 0 Å². The molecule has 0 saturated carbocycles. The summed E-state index contributed by atoms with van der Waals surface area (Å²) in [6, 6.07) is -0.939. The van der Waals surface area contributed by atoms with E-state index in [2.05, 4.69) is 92.1 Å². The summed E-state index contributed by atoms with van der Waals surface area (Å²) < 4.78 is 22.8. The molecule has 2 aliphatic rings. The number of carbonyl (C=O) groups is 1. The Hall–Kier alpha value is -2.83. The molecule has 12 unspecified atom stereocenters. The van der Waals surface area contributed by atoms with Crippen LogP contribution >= 0.6 is 0 Å². The van der Waals surface area contributed by atoms with E-state index in [-0.39, 0.29) is 18.9 Å². The van der Waals surface area contributed by atoms with E-state index in [1.807, 2.05) is 6.08 Å². The minimum Gasteiger partial charge on any atom is -0.394 e. The minimum absolute atomic E-state index is 0.253. The molecule has 9 N–H and O–H groups in total. The molecule has 2 saturated heterocycles. The first-order valence-corrected chi connectivity index (χ1v) is 33.3. The molecule has 14 heteroatoms. The summed E-state index contributed by atoms with van der Waals surface area (Å²) >= 11 is 0. The van der Waals surface area contributed by atoms with Crippen molar-refractivity contribution in [3.8, 4) is 0 Å². The fourth-order valence-corrected chi connectivity index (χ4v) is 10.5. The number of hydrogen-bond donors (Lipinski definition) is 9. The second-order valence-electron chi connectivity index (χ2n) is 23.2. The van der Waals surface area contributed by atoms with E-state index in [4.69, 9.17) is 18.9 Å². The van der Waals surface area contributed by atoms with E-state index in [1.54, 1.807) is 6.08 Å². The molecular formula is C69H121NO13. The lowest BCUT2D eigenvalue weighted by Crippen LogP contribution is -2.65. The minimum atomic E-state index is -1.79. The summed E-state index contributed by atoms with van der Waals surface area (Å²) in [7, 11) is 0. The van der Waals surface area contributed by atoms with Crippen molar-refractivity contribution in [1.82, 2.24) is 5.32 Å². The number of unbranched alkanes of at least 4 members (excludes halogenated alkanes) is 28. The van der Waals surface area contributed by atoms with Crippen LogP contribution in [-0.2, 0) is 23.7 Å². The van der Waals surface area contributed by atoms with Crippen LogP contribution in [0.5, 0.6) is 0 Å². The fourth-order valence-electron chi connectivity index (χ4n) is 10.5. The maximum Gasteiger partial charge on any atom is 0.220 e. The van der Waals surface area contributed by atoms with Gasteiger partial charge in [0.25, 0.3) is 0 Å². The first kappa shape index (κ1) is 76.3. The van der Waals surface area contributed by atoms with Crippen LogP contribution in [-0.4, -0.2) is 140 Å². The van der Waals surface area contributed by atoms with E-state index < -0.39 is 86.8 Å². The second kappa shape index (κ2) is 53.4. The zero-order valence-corrected chi connectivity index (χ0v) is 51.9. The van der Waals surface area contributed by atoms with Crippen molar-refractivity contribution < 1.29 is 64.6 Å². The quantitative estimate of drug-likeness (QED) is 0.0204. The Bertz CT molecular complexity index is 1710. The summed E-state index contributed by atoms with van der Waals surface area (Å²) in [6.07, 6.45) is 56.6. The molecule has 0 aromatic heterocycles. The molecule has 0 spiro atoms. The molecule has 0 bridgehead atoms. The predicted octanol–water partition coefficient (Wildman–Crippen LogP) is 12.8. The normalized spacial score (nSPS) is 24.4. The van der Waals surface area contributed by atoms with Crippen LogP contribution in [0.25, 0.3) is 0 Å². The highest BCUT2D eigenvalue weighted by Crippen LogP contribution is 2.30. The van der Waals surface area contributed by atoms with Crippen molar-refractivity contribution in [3.63, 3.8) is 0 Å². The molecule has 83 heavy (non-hydrogen) atoms. The van der Waals surface area contributed by atoms with Crippen molar-refractivity contribution in [1.29, 1.82) is 0 Å². The van der Waals surface area contributed by atoms with Crippen LogP contribution < -0.4 is 5.32 Å². The molecule has 2 aliphatic heterocycles. The van der Waals surface area contributed by atoms with E-state index in [1.165, 1.54) is 148 Å². The molecule has 12 atom stereocenters. The zero-order valence-electron chi connectivity index (χ0n) is 51.9. The van der Waals surface area contributed by atoms with Crippen molar-refractivity contribution in [2.45, 2.75) is 325 Å². The van der Waals surface area contributed by atoms with Gasteiger partial charge in [0.2, 0.25) is 5.91 Å². The number of allylic oxidation sites excluding steroid dienone is 13. The number of amides is 1. The number of aliphatic hydroxyl groups excluding tert-OH is 8. The van der Waals surface area contributed by atoms with Crippen LogP contribution in [0.2, 0.25) is 0 Å². The Morgan fingerprint density at radius 2 is 0.843 bits per heavy atom. The van der Waals surface area contributed by atoms with Gasteiger partial charge in [-0.25, -0.2) is 0 Å². The number of rotatable bonds is 53. The molecule has 14 nitrogen and oxygen atoms in total. The number of nitrogens with one attached hydrogen (secondary N) is 1. The fraction of sp³-hybridized carbons (Fsp3) is 0.783. The average molecular weight is 1170 g/mol. The molecule has 2 heterocycles. The summed E-state index contributed by atoms with van der Waals surface area (Å²) in [5.41, 5.74) is 0. The van der Waals surface area contributed by atoms with Crippen molar-refractivity contribution in [2.24, 2.45) is 0 Å². The van der Waals surface area contributed by atoms with Gasteiger partial charge in [0, 0.05) is 6.42 Å². The van der Waals surface area contributed by atoms with Crippen LogP contribution in [0.3, 0.4) is 0 Å². The van der Waals surface area contributed by atoms with Gasteiger partial charge in [0.05, 0.1) is 32.0 Å². The molecule has 480 valence electrons. The smallest absolute Gasteiger partial charge is 0.220 e. The Kier molecular flexibility index (Phi) is 49.1. The summed E-state index contributed by atoms with van der Waals surface area (Å²) in [6.45, 7) is 2.64. The van der Waals surface area contributed by atoms with Gasteiger partial charge in [-0.05, 0) is 83.5 Å². The van der Waals surface area contributed by atoms with Gasteiger partial charge in [-0.3, -0.25) is 4.79 Å². The first-order chi connectivity index (χ1) is 40.6. The maximum absolute atomic E-state index is 13.3. The van der Waals surface area contributed by atoms with Crippen LogP contribution in [0.4, 0.5) is 0 Å². The van der Waals surface area contributed by atoms with E-state index in [0.29, 0.717) is 12.8 Å². The monoisotopic (exact) mass is 1170 g/mol. The van der Waals surface area contributed by atoms with Gasteiger partial charge in [0.1, 0.15) is 48.8 Å². The third-order valence-electron chi connectivity index (χ3n) is 15.8. The molecule has 0 aromatic carbocycles. The van der Waals surface area contributed by atoms with Crippen LogP contribution in [0.15, 0.2) is 85.1 Å². The SMILES string of the molecule is CC/C=C\C/C=C\C/C=C\C/C=C\CCCCCCCCCCCCCCCCCCCCCCCCC(=O)NC(COC1OC(CO)C(OC2OC(CO)C(O)C(O)C2O)C(O)C1O)C(O)/C=C/CC/C=C/CC/C=C/CCCCCC. The predicted molar refractivity (Wildman–Crippen MR) is 336 cm³/mol. The van der Waals surface area contributed by atoms with E-state index in [9.17, 15) is 45.6 Å². The van der Waals surface area contributed by atoms with Gasteiger partial charge in [-0.15, -0.1) is 0 Å². The first-order valence-electron chi connectivity index (χ1n) is 33.3. The Morgan fingerprint density at radius 1 is 0.446 bits per heavy atom. The second-order valence-corrected chi connectivity index (χ2v) is 23.2. The molecule has 0 aliphatic carbocycles. The number of ether oxygens (including phenoxy) is 4. The molecule has 0 aromatic rings. The number of aliphatic hydroxyl groups is 8. The molecule has 2 fully saturated rings. The highest BCUT2D eigenvalue weighted by atomic mass is 16.7. The summed E-state index contributed by atoms with van der Waals surface area (Å²) in [5, 5.41) is 87.1. The molecule has 1 amide bonds. The standard InChI is InChI=1S/C69H121NO13/c1-3-5-7-9-11-13-15-17-19-20-21-22-23-24-25-26-27-28-29-30-31-32-33-34-35-36-37-38-39-41-43-45-47-49-51-53-61(74)70-57(58(73)52-50-48-46-44-42-40-18-16-14-12-10-8-6-4-2)56-80-68-66(79)64(77)67(60(55-72)82-68)83-69-65(78)63(76)62(75)59(54-71)81-69/h5,7,11,13-14,16-17,19,21-22,42,44,50,52,57-60,62-69,71-73,75-79H,3-4,6,8-10,12,15,18,20,23-41,43,45-49,51,53-56H2,1-2H3,(H,70,74)/b7-5-,13-11-,16-14+,19-17-,22-21-,44-42+,52-50+. The van der Waals surface area contributed by atoms with Gasteiger partial charge in [0.15, 0.2) is 12.6 Å².